The molecule has 0 aliphatic heterocycles. The van der Waals surface area contributed by atoms with Crippen LogP contribution in [0.2, 0.25) is 10.0 Å². The van der Waals surface area contributed by atoms with Crippen LogP contribution in [-0.4, -0.2) is 31.1 Å². The summed E-state index contributed by atoms with van der Waals surface area (Å²) < 4.78 is 2.41. The minimum absolute atomic E-state index is 0.0962. The number of carbonyl (C=O) groups is 1. The highest BCUT2D eigenvalue weighted by molar-refractivity contribution is 8.01. The predicted molar refractivity (Wildman–Crippen MR) is 147 cm³/mol. The van der Waals surface area contributed by atoms with Gasteiger partial charge in [0.15, 0.2) is 5.69 Å². The number of nitrogens with zero attached hydrogens (tertiary/aromatic N) is 3. The summed E-state index contributed by atoms with van der Waals surface area (Å²) in [6, 6.07) is 13.4. The third-order valence-electron chi connectivity index (χ3n) is 5.41. The first-order chi connectivity index (χ1) is 16.6. The number of thiazole rings is 1. The summed E-state index contributed by atoms with van der Waals surface area (Å²) >= 11 is 15.5. The number of hydrogen-bond donors (Lipinski definition) is 1. The molecule has 0 aliphatic carbocycles. The lowest BCUT2D eigenvalue weighted by molar-refractivity contribution is 0.0688. The van der Waals surface area contributed by atoms with Gasteiger partial charge in [-0.2, -0.15) is 9.78 Å². The monoisotopic (exact) mass is 545 g/mol. The molecule has 9 heteroatoms. The predicted octanol–water partition coefficient (Wildman–Crippen LogP) is 8.60. The highest BCUT2D eigenvalue weighted by Crippen LogP contribution is 2.42. The van der Waals surface area contributed by atoms with Crippen LogP contribution >= 0.6 is 46.3 Å². The third kappa shape index (κ3) is 5.28. The molecular formula is C26H25Cl2N3O2S2. The topological polar surface area (TPSA) is 68.0 Å². The average molecular weight is 547 g/mol. The number of hydrogen-bond acceptors (Lipinski definition) is 5. The number of benzene rings is 2. The van der Waals surface area contributed by atoms with Gasteiger partial charge < -0.3 is 5.11 Å². The molecule has 0 fully saturated rings. The molecule has 4 rings (SSSR count). The van der Waals surface area contributed by atoms with Gasteiger partial charge in [0.25, 0.3) is 0 Å². The average Bonchev–Trinajstić information content (AvgIpc) is 3.36. The van der Waals surface area contributed by atoms with Crippen molar-refractivity contribution in [3.05, 3.63) is 69.5 Å². The summed E-state index contributed by atoms with van der Waals surface area (Å²) in [6.45, 7) is 10.3. The summed E-state index contributed by atoms with van der Waals surface area (Å²) in [4.78, 5) is 17.4. The Kier molecular flexibility index (Phi) is 7.62. The molecule has 0 saturated carbocycles. The number of rotatable bonds is 7. The van der Waals surface area contributed by atoms with Gasteiger partial charge in [0.2, 0.25) is 5.13 Å². The van der Waals surface area contributed by atoms with E-state index >= 15 is 0 Å². The van der Waals surface area contributed by atoms with Crippen molar-refractivity contribution in [2.45, 2.75) is 50.0 Å². The molecule has 182 valence electrons. The van der Waals surface area contributed by atoms with Crippen molar-refractivity contribution < 1.29 is 9.90 Å². The van der Waals surface area contributed by atoms with Crippen LogP contribution in [0.1, 0.15) is 55.4 Å². The van der Waals surface area contributed by atoms with Crippen LogP contribution in [0, 0.1) is 6.92 Å². The first-order valence-corrected chi connectivity index (χ1v) is 13.6. The molecule has 5 nitrogen and oxygen atoms in total. The van der Waals surface area contributed by atoms with E-state index in [9.17, 15) is 9.90 Å². The quantitative estimate of drug-likeness (QED) is 0.235. The zero-order valence-electron chi connectivity index (χ0n) is 20.0. The van der Waals surface area contributed by atoms with Gasteiger partial charge in [0, 0.05) is 16.4 Å². The van der Waals surface area contributed by atoms with E-state index in [4.69, 9.17) is 28.2 Å². The molecule has 0 bridgehead atoms. The Bertz CT molecular complexity index is 1410. The van der Waals surface area contributed by atoms with Gasteiger partial charge in [-0.3, -0.25) is 0 Å². The second kappa shape index (κ2) is 10.3. The zero-order valence-corrected chi connectivity index (χ0v) is 23.1. The van der Waals surface area contributed by atoms with Crippen LogP contribution < -0.4 is 0 Å². The van der Waals surface area contributed by atoms with Crippen LogP contribution in [0.4, 0.5) is 0 Å². The maximum absolute atomic E-state index is 12.5. The number of aryl methyl sites for hydroxylation is 1. The minimum Gasteiger partial charge on any atom is -0.476 e. The number of aromatic nitrogens is 3. The van der Waals surface area contributed by atoms with E-state index in [2.05, 4.69) is 32.8 Å². The molecule has 0 aliphatic rings. The summed E-state index contributed by atoms with van der Waals surface area (Å²) in [6.07, 6.45) is 0. The van der Waals surface area contributed by atoms with Crippen LogP contribution in [-0.2, 0) is 0 Å². The van der Waals surface area contributed by atoms with Crippen LogP contribution in [0.3, 0.4) is 0 Å². The molecule has 0 radical (unpaired) electrons. The van der Waals surface area contributed by atoms with Crippen molar-refractivity contribution in [1.82, 2.24) is 14.8 Å². The minimum atomic E-state index is -1.06. The lowest BCUT2D eigenvalue weighted by Gasteiger charge is -2.09. The Labute approximate surface area is 223 Å². The van der Waals surface area contributed by atoms with Crippen molar-refractivity contribution in [2.75, 3.05) is 0 Å². The Balaban J connectivity index is 1.91. The largest absolute Gasteiger partial charge is 0.476 e. The Hall–Kier alpha value is -2.32. The van der Waals surface area contributed by atoms with Crippen molar-refractivity contribution in [3.63, 3.8) is 0 Å². The fourth-order valence-corrected chi connectivity index (χ4v) is 6.54. The van der Waals surface area contributed by atoms with E-state index < -0.39 is 5.97 Å². The molecule has 0 saturated heterocycles. The van der Waals surface area contributed by atoms with Crippen molar-refractivity contribution >= 4 is 52.3 Å². The van der Waals surface area contributed by atoms with E-state index in [1.165, 1.54) is 16.0 Å². The first-order valence-electron chi connectivity index (χ1n) is 11.1. The highest BCUT2D eigenvalue weighted by atomic mass is 35.5. The molecule has 0 spiro atoms. The van der Waals surface area contributed by atoms with Gasteiger partial charge in [0.05, 0.1) is 25.6 Å². The van der Waals surface area contributed by atoms with Gasteiger partial charge in [-0.05, 0) is 36.1 Å². The molecule has 0 atom stereocenters. The van der Waals surface area contributed by atoms with Gasteiger partial charge in [-0.25, -0.2) is 9.78 Å². The van der Waals surface area contributed by atoms with Crippen molar-refractivity contribution in [1.29, 1.82) is 0 Å². The molecule has 2 heterocycles. The van der Waals surface area contributed by atoms with E-state index in [0.29, 0.717) is 37.6 Å². The summed E-state index contributed by atoms with van der Waals surface area (Å²) in [5.41, 5.74) is 4.84. The van der Waals surface area contributed by atoms with E-state index in [1.807, 2.05) is 37.3 Å². The van der Waals surface area contributed by atoms with Crippen LogP contribution in [0.15, 0.2) is 46.7 Å². The fourth-order valence-electron chi connectivity index (χ4n) is 3.77. The van der Waals surface area contributed by atoms with Crippen molar-refractivity contribution in [3.8, 4) is 27.5 Å². The first kappa shape index (κ1) is 25.8. The second-order valence-corrected chi connectivity index (χ2v) is 12.4. The molecule has 4 aromatic rings. The van der Waals surface area contributed by atoms with Crippen molar-refractivity contribution in [2.24, 2.45) is 0 Å². The summed E-state index contributed by atoms with van der Waals surface area (Å²) in [5.74, 6) is -0.734. The maximum Gasteiger partial charge on any atom is 0.355 e. The normalized spacial score (nSPS) is 11.6. The number of carboxylic acids is 1. The third-order valence-corrected chi connectivity index (χ3v) is 8.39. The van der Waals surface area contributed by atoms with Gasteiger partial charge in [-0.15, -0.1) is 11.8 Å². The molecule has 0 amide bonds. The molecular weight excluding hydrogens is 521 g/mol. The fraction of sp³-hybridized carbons (Fsp3) is 0.269. The molecule has 2 aromatic heterocycles. The lowest BCUT2D eigenvalue weighted by atomic mass is 9.96. The molecule has 35 heavy (non-hydrogen) atoms. The van der Waals surface area contributed by atoms with Gasteiger partial charge in [-0.1, -0.05) is 92.6 Å². The summed E-state index contributed by atoms with van der Waals surface area (Å²) in [5, 5.41) is 16.6. The van der Waals surface area contributed by atoms with Crippen LogP contribution in [0.5, 0.6) is 0 Å². The molecule has 1 N–H and O–H groups in total. The van der Waals surface area contributed by atoms with Gasteiger partial charge in [0.1, 0.15) is 0 Å². The zero-order chi connectivity index (χ0) is 25.4. The standard InChI is InChI=1S/C26H25Cl2N3O2S2/c1-13(2)16-7-6-8-17(11-16)21-15(5)30-31(23(21)24(32)33)26-29-22(25(35-26)34-14(3)4)18-9-10-19(27)20(28)12-18/h6-14H,1-5H3,(H,32,33). The molecule has 2 aromatic carbocycles. The maximum atomic E-state index is 12.5. The summed E-state index contributed by atoms with van der Waals surface area (Å²) in [7, 11) is 0. The highest BCUT2D eigenvalue weighted by Gasteiger charge is 2.27. The van der Waals surface area contributed by atoms with Gasteiger partial charge >= 0.3 is 5.97 Å². The number of aromatic carboxylic acids is 1. The Morgan fingerprint density at radius 3 is 2.43 bits per heavy atom. The number of halogens is 2. The Morgan fingerprint density at radius 2 is 1.80 bits per heavy atom. The number of carboxylic acid groups (broad SMARTS) is 1. The lowest BCUT2D eigenvalue weighted by Crippen LogP contribution is -2.09. The van der Waals surface area contributed by atoms with E-state index in [1.54, 1.807) is 23.9 Å². The van der Waals surface area contributed by atoms with Crippen LogP contribution in [0.25, 0.3) is 27.5 Å². The number of thioether (sulfide) groups is 1. The molecule has 0 unspecified atom stereocenters. The smallest absolute Gasteiger partial charge is 0.355 e. The van der Waals surface area contributed by atoms with E-state index in [0.717, 1.165) is 26.6 Å². The SMILES string of the molecule is Cc1nn(-c2nc(-c3ccc(Cl)c(Cl)c3)c(SC(C)C)s2)c(C(=O)O)c1-c1cccc(C(C)C)c1. The van der Waals surface area contributed by atoms with E-state index in [-0.39, 0.29) is 5.69 Å². The second-order valence-electron chi connectivity index (χ2n) is 8.73. The Morgan fingerprint density at radius 1 is 1.06 bits per heavy atom.